The van der Waals surface area contributed by atoms with Crippen molar-refractivity contribution in [3.63, 3.8) is 0 Å². The summed E-state index contributed by atoms with van der Waals surface area (Å²) >= 11 is 0. The zero-order valence-corrected chi connectivity index (χ0v) is 28.6. The van der Waals surface area contributed by atoms with E-state index in [2.05, 4.69) is 24.3 Å². The molecule has 6 rings (SSSR count). The van der Waals surface area contributed by atoms with Crippen LogP contribution in [-0.2, 0) is 44.9 Å². The minimum atomic E-state index is -0.908. The normalized spacial score (nSPS) is 24.1. The second-order valence-electron chi connectivity index (χ2n) is 14.3. The third-order valence-electron chi connectivity index (χ3n) is 9.63. The van der Waals surface area contributed by atoms with E-state index >= 15 is 0 Å². The lowest BCUT2D eigenvalue weighted by atomic mass is 9.70. The molecule has 4 aromatic carbocycles. The van der Waals surface area contributed by atoms with Crippen LogP contribution in [0.3, 0.4) is 0 Å². The molecule has 0 radical (unpaired) electrons. The minimum absolute atomic E-state index is 0.0943. The van der Waals surface area contributed by atoms with Gasteiger partial charge in [-0.1, -0.05) is 121 Å². The van der Waals surface area contributed by atoms with Gasteiger partial charge in [0.1, 0.15) is 18.2 Å². The molecule has 7 atom stereocenters. The SMILES string of the molecule is CC(C)(C)OC(=O)N1[C@H]2[C@@H](Cc3ccccc3)[C@@H](Cc3ccccc3)[C@H](C(O)Cc3ccccc3)O[C@@H]2C[C@H]1C(=O)OCc1ccccc1. The first-order chi connectivity index (χ1) is 23.7. The number of nitrogens with zero attached hydrogens (tertiary/aromatic N) is 1. The van der Waals surface area contributed by atoms with Gasteiger partial charge in [-0.3, -0.25) is 4.90 Å². The van der Waals surface area contributed by atoms with Crippen molar-refractivity contribution in [2.75, 3.05) is 0 Å². The van der Waals surface area contributed by atoms with Crippen molar-refractivity contribution < 1.29 is 28.9 Å². The second-order valence-corrected chi connectivity index (χ2v) is 14.3. The highest BCUT2D eigenvalue weighted by atomic mass is 16.6. The Bertz CT molecular complexity index is 1640. The molecule has 2 saturated heterocycles. The molecule has 0 saturated carbocycles. The maximum Gasteiger partial charge on any atom is 0.411 e. The summed E-state index contributed by atoms with van der Waals surface area (Å²) in [6.45, 7) is 5.58. The number of carbonyl (C=O) groups is 2. The first-order valence-corrected chi connectivity index (χ1v) is 17.3. The van der Waals surface area contributed by atoms with E-state index in [1.165, 1.54) is 0 Å². The van der Waals surface area contributed by atoms with Crippen LogP contribution in [0.4, 0.5) is 4.79 Å². The number of likely N-dealkylation sites (tertiary alicyclic amines) is 1. The molecule has 2 heterocycles. The lowest BCUT2D eigenvalue weighted by Crippen LogP contribution is -2.60. The van der Waals surface area contributed by atoms with Gasteiger partial charge in [-0.15, -0.1) is 0 Å². The van der Waals surface area contributed by atoms with Gasteiger partial charge in [0.05, 0.1) is 24.4 Å². The van der Waals surface area contributed by atoms with E-state index < -0.39 is 48.1 Å². The maximum atomic E-state index is 14.2. The molecule has 1 amide bonds. The van der Waals surface area contributed by atoms with E-state index in [1.54, 1.807) is 4.90 Å². The number of hydrogen-bond donors (Lipinski definition) is 1. The fourth-order valence-electron chi connectivity index (χ4n) is 7.54. The molecule has 2 aliphatic heterocycles. The summed E-state index contributed by atoms with van der Waals surface area (Å²) in [5, 5.41) is 12.0. The molecule has 7 nitrogen and oxygen atoms in total. The maximum absolute atomic E-state index is 14.2. The molecule has 7 heteroatoms. The van der Waals surface area contributed by atoms with Crippen LogP contribution in [0.1, 0.15) is 49.4 Å². The molecular formula is C42H47NO6. The van der Waals surface area contributed by atoms with E-state index in [1.807, 2.05) is 118 Å². The quantitative estimate of drug-likeness (QED) is 0.181. The Morgan fingerprint density at radius 3 is 1.78 bits per heavy atom. The van der Waals surface area contributed by atoms with Gasteiger partial charge in [0.15, 0.2) is 0 Å². The molecule has 1 unspecified atom stereocenters. The molecular weight excluding hydrogens is 614 g/mol. The first-order valence-electron chi connectivity index (χ1n) is 17.3. The van der Waals surface area contributed by atoms with E-state index in [0.717, 1.165) is 22.3 Å². The van der Waals surface area contributed by atoms with Crippen LogP contribution in [0.2, 0.25) is 0 Å². The van der Waals surface area contributed by atoms with Crippen molar-refractivity contribution >= 4 is 12.1 Å². The molecule has 0 aliphatic carbocycles. The van der Waals surface area contributed by atoms with Crippen LogP contribution in [-0.4, -0.2) is 58.1 Å². The van der Waals surface area contributed by atoms with Gasteiger partial charge in [0.2, 0.25) is 0 Å². The molecule has 256 valence electrons. The van der Waals surface area contributed by atoms with Gasteiger partial charge in [-0.2, -0.15) is 0 Å². The van der Waals surface area contributed by atoms with E-state index in [-0.39, 0.29) is 24.9 Å². The van der Waals surface area contributed by atoms with E-state index in [0.29, 0.717) is 19.3 Å². The van der Waals surface area contributed by atoms with Crippen LogP contribution in [0, 0.1) is 11.8 Å². The number of benzene rings is 4. The predicted octanol–water partition coefficient (Wildman–Crippen LogP) is 7.20. The number of aliphatic hydroxyl groups excluding tert-OH is 1. The highest BCUT2D eigenvalue weighted by Gasteiger charge is 2.58. The van der Waals surface area contributed by atoms with Crippen LogP contribution >= 0.6 is 0 Å². The Morgan fingerprint density at radius 2 is 1.24 bits per heavy atom. The van der Waals surface area contributed by atoms with Crippen molar-refractivity contribution in [1.82, 2.24) is 4.90 Å². The Hall–Kier alpha value is -4.46. The molecule has 4 aromatic rings. The lowest BCUT2D eigenvalue weighted by Gasteiger charge is -2.49. The number of fused-ring (bicyclic) bond motifs is 1. The van der Waals surface area contributed by atoms with Crippen molar-refractivity contribution in [2.24, 2.45) is 11.8 Å². The number of amides is 1. The van der Waals surface area contributed by atoms with Crippen molar-refractivity contribution in [2.45, 2.75) is 89.1 Å². The van der Waals surface area contributed by atoms with E-state index in [4.69, 9.17) is 14.2 Å². The molecule has 0 spiro atoms. The van der Waals surface area contributed by atoms with Crippen molar-refractivity contribution in [3.05, 3.63) is 144 Å². The van der Waals surface area contributed by atoms with Gasteiger partial charge < -0.3 is 19.3 Å². The third-order valence-corrected chi connectivity index (χ3v) is 9.63. The zero-order valence-electron chi connectivity index (χ0n) is 28.6. The van der Waals surface area contributed by atoms with Crippen LogP contribution in [0.15, 0.2) is 121 Å². The monoisotopic (exact) mass is 661 g/mol. The summed E-state index contributed by atoms with van der Waals surface area (Å²) in [6.07, 6.45) is -0.515. The first kappa shape index (κ1) is 34.4. The fraction of sp³-hybridized carbons (Fsp3) is 0.381. The summed E-state index contributed by atoms with van der Waals surface area (Å²) in [7, 11) is 0. The number of rotatable bonds is 10. The Kier molecular flexibility index (Phi) is 10.8. The number of esters is 1. The average Bonchev–Trinajstić information content (AvgIpc) is 3.49. The van der Waals surface area contributed by atoms with Crippen LogP contribution in [0.25, 0.3) is 0 Å². The van der Waals surface area contributed by atoms with Crippen LogP contribution in [0.5, 0.6) is 0 Å². The van der Waals surface area contributed by atoms with E-state index in [9.17, 15) is 14.7 Å². The fourth-order valence-corrected chi connectivity index (χ4v) is 7.54. The molecule has 2 aliphatic rings. The smallest absolute Gasteiger partial charge is 0.411 e. The topological polar surface area (TPSA) is 85.3 Å². The van der Waals surface area contributed by atoms with Gasteiger partial charge in [0, 0.05) is 12.8 Å². The van der Waals surface area contributed by atoms with Crippen molar-refractivity contribution in [3.8, 4) is 0 Å². The van der Waals surface area contributed by atoms with Crippen molar-refractivity contribution in [1.29, 1.82) is 0 Å². The standard InChI is InChI=1S/C42H47NO6/c1-42(2,3)49-41(46)43-35(40(45)47-28-32-22-14-7-15-23-32)27-37-38(43)33(24-29-16-8-4-9-17-29)34(25-30-18-10-5-11-19-30)39(48-37)36(44)26-31-20-12-6-13-21-31/h4-23,33-39,44H,24-28H2,1-3H3/t33-,34+,35-,36?,37+,38-,39+/m0/s1. The van der Waals surface area contributed by atoms with Gasteiger partial charge >= 0.3 is 12.1 Å². The average molecular weight is 662 g/mol. The number of hydrogen-bond acceptors (Lipinski definition) is 6. The Balaban J connectivity index is 1.40. The third kappa shape index (κ3) is 8.59. The number of ether oxygens (including phenoxy) is 3. The zero-order chi connectivity index (χ0) is 34.4. The number of carbonyl (C=O) groups excluding carboxylic acids is 2. The van der Waals surface area contributed by atoms with Gasteiger partial charge in [-0.05, 0) is 67.7 Å². The van der Waals surface area contributed by atoms with Gasteiger partial charge in [-0.25, -0.2) is 9.59 Å². The molecule has 0 bridgehead atoms. The Morgan fingerprint density at radius 1 is 0.755 bits per heavy atom. The van der Waals surface area contributed by atoms with Crippen LogP contribution < -0.4 is 0 Å². The summed E-state index contributed by atoms with van der Waals surface area (Å²) in [5.41, 5.74) is 3.32. The summed E-state index contributed by atoms with van der Waals surface area (Å²) < 4.78 is 18.8. The highest BCUT2D eigenvalue weighted by molar-refractivity contribution is 5.83. The molecule has 49 heavy (non-hydrogen) atoms. The second kappa shape index (κ2) is 15.4. The predicted molar refractivity (Wildman–Crippen MR) is 189 cm³/mol. The number of aliphatic hydroxyl groups is 1. The summed E-state index contributed by atoms with van der Waals surface area (Å²) in [4.78, 5) is 29.8. The molecule has 0 aromatic heterocycles. The minimum Gasteiger partial charge on any atom is -0.459 e. The highest BCUT2D eigenvalue weighted by Crippen LogP contribution is 2.46. The Labute approximate surface area is 289 Å². The van der Waals surface area contributed by atoms with Gasteiger partial charge in [0.25, 0.3) is 0 Å². The largest absolute Gasteiger partial charge is 0.459 e. The summed E-state index contributed by atoms with van der Waals surface area (Å²) in [6, 6.07) is 38.5. The summed E-state index contributed by atoms with van der Waals surface area (Å²) in [5.74, 6) is -0.852. The molecule has 2 fully saturated rings. The molecule has 1 N–H and O–H groups in total. The lowest BCUT2D eigenvalue weighted by molar-refractivity contribution is -0.169.